The van der Waals surface area contributed by atoms with Gasteiger partial charge in [-0.25, -0.2) is 9.78 Å². The van der Waals surface area contributed by atoms with Crippen molar-refractivity contribution < 1.29 is 23.8 Å². The van der Waals surface area contributed by atoms with E-state index < -0.39 is 23.6 Å². The van der Waals surface area contributed by atoms with E-state index in [1.54, 1.807) is 13.0 Å². The van der Waals surface area contributed by atoms with Gasteiger partial charge in [0.15, 0.2) is 5.69 Å². The van der Waals surface area contributed by atoms with Gasteiger partial charge in [0.2, 0.25) is 5.60 Å². The molecule has 0 fully saturated rings. The first-order valence-electron chi connectivity index (χ1n) is 6.55. The number of esters is 2. The predicted molar refractivity (Wildman–Crippen MR) is 76.0 cm³/mol. The van der Waals surface area contributed by atoms with Crippen LogP contribution in [0.2, 0.25) is 0 Å². The summed E-state index contributed by atoms with van der Waals surface area (Å²) in [4.78, 5) is 26.7. The van der Waals surface area contributed by atoms with Crippen molar-refractivity contribution >= 4 is 23.3 Å². The number of carbonyl (C=O) groups is 2. The first-order chi connectivity index (χ1) is 10.5. The largest absolute Gasteiger partial charge is 0.461 e. The number of rotatable bonds is 4. The molecular formula is C14H14N2O5S. The minimum absolute atomic E-state index is 0.0396. The van der Waals surface area contributed by atoms with E-state index in [0.29, 0.717) is 5.01 Å². The minimum atomic E-state index is -1.38. The van der Waals surface area contributed by atoms with Crippen LogP contribution in [0.25, 0.3) is 0 Å². The number of hydrogen-bond acceptors (Lipinski definition) is 8. The lowest BCUT2D eigenvalue weighted by molar-refractivity contribution is -0.149. The molecule has 116 valence electrons. The van der Waals surface area contributed by atoms with Crippen molar-refractivity contribution in [2.24, 2.45) is 0 Å². The highest BCUT2D eigenvalue weighted by molar-refractivity contribution is 7.10. The number of ether oxygens (including phenoxy) is 3. The van der Waals surface area contributed by atoms with E-state index in [1.165, 1.54) is 18.4 Å². The Morgan fingerprint density at radius 1 is 1.64 bits per heavy atom. The Morgan fingerprint density at radius 3 is 2.95 bits per heavy atom. The van der Waals surface area contributed by atoms with E-state index in [1.807, 2.05) is 6.07 Å². The SMILES string of the molecule is CCOC(=O)c1csc(C2(C#N)C=C[C@H](OC(C)=O)CO2)n1. The lowest BCUT2D eigenvalue weighted by Gasteiger charge is -2.28. The first-order valence-corrected chi connectivity index (χ1v) is 7.43. The van der Waals surface area contributed by atoms with Gasteiger partial charge in [0.25, 0.3) is 0 Å². The molecule has 1 aromatic heterocycles. The topological polar surface area (TPSA) is 98.5 Å². The third-order valence-electron chi connectivity index (χ3n) is 2.81. The quantitative estimate of drug-likeness (QED) is 0.612. The fourth-order valence-electron chi connectivity index (χ4n) is 1.84. The van der Waals surface area contributed by atoms with Crippen LogP contribution in [0.5, 0.6) is 0 Å². The lowest BCUT2D eigenvalue weighted by Crippen LogP contribution is -2.35. The molecule has 8 heteroatoms. The Labute approximate surface area is 131 Å². The van der Waals surface area contributed by atoms with Crippen molar-refractivity contribution in [3.8, 4) is 6.07 Å². The summed E-state index contributed by atoms with van der Waals surface area (Å²) in [6, 6.07) is 2.04. The molecule has 1 aliphatic rings. The van der Waals surface area contributed by atoms with Crippen LogP contribution in [-0.4, -0.2) is 36.2 Å². The molecule has 1 aromatic rings. The Balaban J connectivity index is 2.21. The highest BCUT2D eigenvalue weighted by atomic mass is 32.1. The number of nitriles is 1. The molecule has 1 unspecified atom stereocenters. The van der Waals surface area contributed by atoms with Gasteiger partial charge in [-0.05, 0) is 19.1 Å². The fraction of sp³-hybridized carbons (Fsp3) is 0.429. The van der Waals surface area contributed by atoms with Crippen molar-refractivity contribution in [1.29, 1.82) is 5.26 Å². The Hall–Kier alpha value is -2.24. The van der Waals surface area contributed by atoms with Crippen LogP contribution in [0, 0.1) is 11.3 Å². The van der Waals surface area contributed by atoms with Gasteiger partial charge >= 0.3 is 11.9 Å². The Bertz CT molecular complexity index is 648. The molecule has 7 nitrogen and oxygen atoms in total. The molecule has 0 amide bonds. The summed E-state index contributed by atoms with van der Waals surface area (Å²) in [5.74, 6) is -0.975. The van der Waals surface area contributed by atoms with Gasteiger partial charge in [-0.15, -0.1) is 11.3 Å². The van der Waals surface area contributed by atoms with Crippen molar-refractivity contribution in [2.45, 2.75) is 25.6 Å². The zero-order valence-electron chi connectivity index (χ0n) is 12.1. The van der Waals surface area contributed by atoms with Crippen LogP contribution in [0.15, 0.2) is 17.5 Å². The highest BCUT2D eigenvalue weighted by Crippen LogP contribution is 2.33. The summed E-state index contributed by atoms with van der Waals surface area (Å²) in [5.41, 5.74) is -1.25. The van der Waals surface area contributed by atoms with Crippen LogP contribution in [0.1, 0.15) is 29.3 Å². The van der Waals surface area contributed by atoms with Gasteiger partial charge in [0.05, 0.1) is 13.2 Å². The van der Waals surface area contributed by atoms with Crippen molar-refractivity contribution in [3.05, 3.63) is 28.2 Å². The third-order valence-corrected chi connectivity index (χ3v) is 3.77. The number of nitrogens with zero attached hydrogens (tertiary/aromatic N) is 2. The molecule has 0 saturated heterocycles. The average molecular weight is 322 g/mol. The summed E-state index contributed by atoms with van der Waals surface area (Å²) < 4.78 is 15.4. The zero-order valence-corrected chi connectivity index (χ0v) is 12.9. The van der Waals surface area contributed by atoms with Gasteiger partial charge < -0.3 is 14.2 Å². The Morgan fingerprint density at radius 2 is 2.41 bits per heavy atom. The summed E-state index contributed by atoms with van der Waals surface area (Å²) in [7, 11) is 0. The van der Waals surface area contributed by atoms with E-state index in [2.05, 4.69) is 4.98 Å². The van der Waals surface area contributed by atoms with Crippen molar-refractivity contribution in [3.63, 3.8) is 0 Å². The normalized spacial score (nSPS) is 23.6. The summed E-state index contributed by atoms with van der Waals surface area (Å²) >= 11 is 1.13. The fourth-order valence-corrected chi connectivity index (χ4v) is 2.71. The maximum Gasteiger partial charge on any atom is 0.357 e. The van der Waals surface area contributed by atoms with Gasteiger partial charge in [0, 0.05) is 12.3 Å². The van der Waals surface area contributed by atoms with Crippen molar-refractivity contribution in [2.75, 3.05) is 13.2 Å². The molecule has 0 bridgehead atoms. The number of hydrogen-bond donors (Lipinski definition) is 0. The van der Waals surface area contributed by atoms with Crippen LogP contribution in [0.3, 0.4) is 0 Å². The molecule has 0 spiro atoms. The first kappa shape index (κ1) is 16.1. The van der Waals surface area contributed by atoms with Crippen LogP contribution in [-0.2, 0) is 24.6 Å². The Kier molecular flexibility index (Phi) is 4.90. The van der Waals surface area contributed by atoms with E-state index >= 15 is 0 Å². The molecule has 2 heterocycles. The predicted octanol–water partition coefficient (Wildman–Crippen LogP) is 1.56. The lowest BCUT2D eigenvalue weighted by atomic mass is 10.0. The molecular weight excluding hydrogens is 308 g/mol. The van der Waals surface area contributed by atoms with E-state index in [9.17, 15) is 14.9 Å². The maximum absolute atomic E-state index is 11.6. The summed E-state index contributed by atoms with van der Waals surface area (Å²) in [6.45, 7) is 3.28. The highest BCUT2D eigenvalue weighted by Gasteiger charge is 2.38. The van der Waals surface area contributed by atoms with Crippen LogP contribution >= 0.6 is 11.3 Å². The minimum Gasteiger partial charge on any atom is -0.461 e. The average Bonchev–Trinajstić information content (AvgIpc) is 2.98. The van der Waals surface area contributed by atoms with Gasteiger partial charge in [0.1, 0.15) is 17.2 Å². The molecule has 0 aromatic carbocycles. The summed E-state index contributed by atoms with van der Waals surface area (Å²) in [6.07, 6.45) is 2.53. The molecule has 22 heavy (non-hydrogen) atoms. The van der Waals surface area contributed by atoms with Gasteiger partial charge in [-0.1, -0.05) is 0 Å². The number of thiazole rings is 1. The van der Waals surface area contributed by atoms with Gasteiger partial charge in [-0.3, -0.25) is 4.79 Å². The standard InChI is InChI=1S/C14H14N2O5S/c1-3-19-12(18)11-7-22-13(16-11)14(8-15)5-4-10(6-20-14)21-9(2)17/h4-5,7,10H,3,6H2,1-2H3/t10-,14?/m0/s1. The number of carbonyl (C=O) groups excluding carboxylic acids is 2. The number of aromatic nitrogens is 1. The second-order valence-electron chi connectivity index (χ2n) is 4.42. The van der Waals surface area contributed by atoms with Crippen LogP contribution in [0.4, 0.5) is 0 Å². The molecule has 0 radical (unpaired) electrons. The molecule has 0 saturated carbocycles. The van der Waals surface area contributed by atoms with Gasteiger partial charge in [-0.2, -0.15) is 5.26 Å². The molecule has 0 N–H and O–H groups in total. The van der Waals surface area contributed by atoms with E-state index in [4.69, 9.17) is 14.2 Å². The van der Waals surface area contributed by atoms with E-state index in [-0.39, 0.29) is 18.9 Å². The van der Waals surface area contributed by atoms with E-state index in [0.717, 1.165) is 11.3 Å². The molecule has 2 rings (SSSR count). The molecule has 0 aliphatic carbocycles. The zero-order chi connectivity index (χ0) is 16.2. The second kappa shape index (κ2) is 6.68. The third kappa shape index (κ3) is 3.32. The van der Waals surface area contributed by atoms with Crippen molar-refractivity contribution in [1.82, 2.24) is 4.98 Å². The van der Waals surface area contributed by atoms with Crippen LogP contribution < -0.4 is 0 Å². The smallest absolute Gasteiger partial charge is 0.357 e. The molecule has 2 atom stereocenters. The maximum atomic E-state index is 11.6. The second-order valence-corrected chi connectivity index (χ2v) is 5.28. The monoisotopic (exact) mass is 322 g/mol. The summed E-state index contributed by atoms with van der Waals surface area (Å²) in [5, 5.41) is 11.3. The molecule has 1 aliphatic heterocycles.